The van der Waals surface area contributed by atoms with Crippen molar-refractivity contribution in [2.45, 2.75) is 32.7 Å². The smallest absolute Gasteiger partial charge is 0.319 e. The second-order valence-corrected chi connectivity index (χ2v) is 6.74. The third kappa shape index (κ3) is 3.79. The van der Waals surface area contributed by atoms with Crippen LogP contribution in [0.1, 0.15) is 36.2 Å². The lowest BCUT2D eigenvalue weighted by atomic mass is 9.99. The van der Waals surface area contributed by atoms with Crippen molar-refractivity contribution in [1.82, 2.24) is 5.32 Å². The summed E-state index contributed by atoms with van der Waals surface area (Å²) >= 11 is 0. The molecule has 4 N–H and O–H groups in total. The number of urea groups is 1. The van der Waals surface area contributed by atoms with Crippen LogP contribution in [0.2, 0.25) is 0 Å². The first-order valence-corrected chi connectivity index (χ1v) is 8.82. The second-order valence-electron chi connectivity index (χ2n) is 6.74. The molecule has 6 heteroatoms. The normalized spacial score (nSPS) is 13.3. The van der Waals surface area contributed by atoms with Gasteiger partial charge in [-0.15, -0.1) is 0 Å². The molecule has 1 aliphatic heterocycles. The molecule has 0 aromatic heterocycles. The monoisotopic (exact) mass is 352 g/mol. The van der Waals surface area contributed by atoms with E-state index in [0.29, 0.717) is 17.8 Å². The van der Waals surface area contributed by atoms with E-state index in [9.17, 15) is 9.59 Å². The summed E-state index contributed by atoms with van der Waals surface area (Å²) in [6.45, 7) is 4.43. The van der Waals surface area contributed by atoms with Crippen LogP contribution >= 0.6 is 0 Å². The maximum atomic E-state index is 13.0. The Morgan fingerprint density at radius 2 is 1.92 bits per heavy atom. The van der Waals surface area contributed by atoms with Gasteiger partial charge in [0.1, 0.15) is 0 Å². The number of fused-ring (bicyclic) bond motifs is 1. The van der Waals surface area contributed by atoms with Gasteiger partial charge in [-0.2, -0.15) is 0 Å². The first-order chi connectivity index (χ1) is 12.5. The minimum absolute atomic E-state index is 0.0372. The fourth-order valence-corrected chi connectivity index (χ4v) is 3.18. The molecule has 0 fully saturated rings. The van der Waals surface area contributed by atoms with Crippen LogP contribution in [-0.2, 0) is 6.42 Å². The fourth-order valence-electron chi connectivity index (χ4n) is 3.18. The van der Waals surface area contributed by atoms with E-state index in [1.165, 1.54) is 0 Å². The van der Waals surface area contributed by atoms with Gasteiger partial charge in [-0.25, -0.2) is 4.79 Å². The summed E-state index contributed by atoms with van der Waals surface area (Å²) in [6.07, 6.45) is 1.75. The zero-order chi connectivity index (χ0) is 18.7. The molecule has 0 spiro atoms. The van der Waals surface area contributed by atoms with Crippen LogP contribution in [0.3, 0.4) is 0 Å². The summed E-state index contributed by atoms with van der Waals surface area (Å²) in [5, 5.41) is 5.52. The number of nitrogens with one attached hydrogen (secondary N) is 2. The molecule has 1 heterocycles. The Morgan fingerprint density at radius 3 is 2.69 bits per heavy atom. The number of benzene rings is 2. The maximum absolute atomic E-state index is 13.0. The Labute approximate surface area is 153 Å². The van der Waals surface area contributed by atoms with Gasteiger partial charge in [0, 0.05) is 35.2 Å². The second kappa shape index (κ2) is 7.47. The summed E-state index contributed by atoms with van der Waals surface area (Å²) in [4.78, 5) is 26.7. The quantitative estimate of drug-likeness (QED) is 0.740. The molecule has 26 heavy (non-hydrogen) atoms. The van der Waals surface area contributed by atoms with E-state index >= 15 is 0 Å². The van der Waals surface area contributed by atoms with E-state index < -0.39 is 0 Å². The van der Waals surface area contributed by atoms with Crippen molar-refractivity contribution in [3.63, 3.8) is 0 Å². The highest BCUT2D eigenvalue weighted by Crippen LogP contribution is 2.32. The van der Waals surface area contributed by atoms with Crippen molar-refractivity contribution in [3.8, 4) is 0 Å². The predicted molar refractivity (Wildman–Crippen MR) is 105 cm³/mol. The third-order valence-electron chi connectivity index (χ3n) is 4.32. The van der Waals surface area contributed by atoms with Gasteiger partial charge < -0.3 is 21.3 Å². The van der Waals surface area contributed by atoms with Gasteiger partial charge >= 0.3 is 6.03 Å². The SMILES string of the molecule is CC(C)NC(=O)Nc1cccc(C(=O)N2CCCc3c(N)cccc32)c1. The van der Waals surface area contributed by atoms with Crippen molar-refractivity contribution in [3.05, 3.63) is 53.6 Å². The molecule has 0 bridgehead atoms. The van der Waals surface area contributed by atoms with Crippen molar-refractivity contribution in [2.75, 3.05) is 22.5 Å². The number of amides is 3. The van der Waals surface area contributed by atoms with Gasteiger partial charge in [0.15, 0.2) is 0 Å². The van der Waals surface area contributed by atoms with Crippen molar-refractivity contribution < 1.29 is 9.59 Å². The molecule has 0 saturated heterocycles. The lowest BCUT2D eigenvalue weighted by Gasteiger charge is -2.30. The van der Waals surface area contributed by atoms with E-state index in [1.54, 1.807) is 29.2 Å². The van der Waals surface area contributed by atoms with Gasteiger partial charge in [-0.3, -0.25) is 4.79 Å². The fraction of sp³-hybridized carbons (Fsp3) is 0.300. The number of rotatable bonds is 3. The lowest BCUT2D eigenvalue weighted by Crippen LogP contribution is -2.36. The molecule has 0 radical (unpaired) electrons. The maximum Gasteiger partial charge on any atom is 0.319 e. The number of hydrogen-bond donors (Lipinski definition) is 3. The lowest BCUT2D eigenvalue weighted by molar-refractivity contribution is 0.0985. The van der Waals surface area contributed by atoms with Crippen LogP contribution in [0.25, 0.3) is 0 Å². The molecular formula is C20H24N4O2. The number of carbonyl (C=O) groups is 2. The van der Waals surface area contributed by atoms with Crippen LogP contribution in [0, 0.1) is 0 Å². The molecule has 2 aromatic rings. The van der Waals surface area contributed by atoms with E-state index in [2.05, 4.69) is 10.6 Å². The van der Waals surface area contributed by atoms with Crippen LogP contribution in [0.5, 0.6) is 0 Å². The molecule has 0 saturated carbocycles. The van der Waals surface area contributed by atoms with E-state index in [-0.39, 0.29) is 18.0 Å². The first-order valence-electron chi connectivity index (χ1n) is 8.82. The van der Waals surface area contributed by atoms with Crippen molar-refractivity contribution in [1.29, 1.82) is 0 Å². The minimum atomic E-state index is -0.291. The average Bonchev–Trinajstić information content (AvgIpc) is 2.60. The number of anilines is 3. The number of nitrogens with two attached hydrogens (primary N) is 1. The van der Waals surface area contributed by atoms with Gasteiger partial charge in [-0.1, -0.05) is 12.1 Å². The Hall–Kier alpha value is -3.02. The van der Waals surface area contributed by atoms with Gasteiger partial charge in [0.25, 0.3) is 5.91 Å². The van der Waals surface area contributed by atoms with Crippen LogP contribution < -0.4 is 21.3 Å². The summed E-state index contributed by atoms with van der Waals surface area (Å²) < 4.78 is 0. The molecule has 136 valence electrons. The minimum Gasteiger partial charge on any atom is -0.398 e. The Morgan fingerprint density at radius 1 is 1.15 bits per heavy atom. The Bertz CT molecular complexity index is 832. The van der Waals surface area contributed by atoms with Crippen LogP contribution in [-0.4, -0.2) is 24.5 Å². The Balaban J connectivity index is 1.82. The van der Waals surface area contributed by atoms with E-state index in [4.69, 9.17) is 5.73 Å². The number of carbonyl (C=O) groups excluding carboxylic acids is 2. The zero-order valence-corrected chi connectivity index (χ0v) is 15.1. The molecular weight excluding hydrogens is 328 g/mol. The highest BCUT2D eigenvalue weighted by atomic mass is 16.2. The molecule has 3 rings (SSSR count). The number of nitrogens with zero attached hydrogens (tertiary/aromatic N) is 1. The predicted octanol–water partition coefficient (Wildman–Crippen LogP) is 3.39. The zero-order valence-electron chi connectivity index (χ0n) is 15.1. The standard InChI is InChI=1S/C20H24N4O2/c1-13(2)22-20(26)23-15-7-3-6-14(12-15)19(25)24-11-5-8-16-17(21)9-4-10-18(16)24/h3-4,6-7,9-10,12-13H,5,8,11,21H2,1-2H3,(H2,22,23,26). The highest BCUT2D eigenvalue weighted by molar-refractivity contribution is 6.08. The van der Waals surface area contributed by atoms with Gasteiger partial charge in [0.2, 0.25) is 0 Å². The van der Waals surface area contributed by atoms with Crippen molar-refractivity contribution >= 4 is 29.0 Å². The topological polar surface area (TPSA) is 87.5 Å². The van der Waals surface area contributed by atoms with Crippen LogP contribution in [0.4, 0.5) is 21.9 Å². The molecule has 2 aromatic carbocycles. The van der Waals surface area contributed by atoms with Gasteiger partial charge in [0.05, 0.1) is 0 Å². The summed E-state index contributed by atoms with van der Waals surface area (Å²) in [7, 11) is 0. The molecule has 6 nitrogen and oxygen atoms in total. The largest absolute Gasteiger partial charge is 0.398 e. The van der Waals surface area contributed by atoms with Gasteiger partial charge in [-0.05, 0) is 62.6 Å². The summed E-state index contributed by atoms with van der Waals surface area (Å²) in [6, 6.07) is 12.4. The molecule has 1 aliphatic rings. The van der Waals surface area contributed by atoms with Crippen LogP contribution in [0.15, 0.2) is 42.5 Å². The molecule has 3 amide bonds. The molecule has 0 atom stereocenters. The first kappa shape index (κ1) is 17.8. The molecule has 0 aliphatic carbocycles. The average molecular weight is 352 g/mol. The summed E-state index contributed by atoms with van der Waals surface area (Å²) in [5.41, 5.74) is 9.80. The number of hydrogen-bond acceptors (Lipinski definition) is 3. The van der Waals surface area contributed by atoms with E-state index in [0.717, 1.165) is 29.8 Å². The molecule has 0 unspecified atom stereocenters. The summed E-state index contributed by atoms with van der Waals surface area (Å²) in [5.74, 6) is -0.0931. The Kier molecular flexibility index (Phi) is 5.11. The number of nitrogen functional groups attached to an aromatic ring is 1. The van der Waals surface area contributed by atoms with E-state index in [1.807, 2.05) is 32.0 Å². The third-order valence-corrected chi connectivity index (χ3v) is 4.32. The highest BCUT2D eigenvalue weighted by Gasteiger charge is 2.24. The van der Waals surface area contributed by atoms with Crippen molar-refractivity contribution in [2.24, 2.45) is 0 Å².